The molecule has 0 saturated heterocycles. The average Bonchev–Trinajstić information content (AvgIpc) is 3.26. The number of para-hydroxylation sites is 1. The normalized spacial score (nSPS) is 14.9. The van der Waals surface area contributed by atoms with Crippen molar-refractivity contribution in [3.05, 3.63) is 96.7 Å². The highest BCUT2D eigenvalue weighted by Crippen LogP contribution is 2.45. The number of nitrogens with two attached hydrogens (primary N) is 1. The number of rotatable bonds is 4. The van der Waals surface area contributed by atoms with Gasteiger partial charge in [0.05, 0.1) is 22.8 Å². The van der Waals surface area contributed by atoms with Gasteiger partial charge in [0.25, 0.3) is 0 Å². The number of aromatic nitrogens is 3. The molecular weight excluding hydrogens is 456 g/mol. The van der Waals surface area contributed by atoms with Gasteiger partial charge in [-0.05, 0) is 61.2 Å². The van der Waals surface area contributed by atoms with Crippen LogP contribution < -0.4 is 16.4 Å². The zero-order valence-electron chi connectivity index (χ0n) is 20.7. The Morgan fingerprint density at radius 2 is 1.65 bits per heavy atom. The van der Waals surface area contributed by atoms with Crippen LogP contribution in [0.5, 0.6) is 0 Å². The first-order valence-corrected chi connectivity index (χ1v) is 12.8. The van der Waals surface area contributed by atoms with Crippen molar-refractivity contribution in [1.29, 1.82) is 0 Å². The number of anilines is 3. The van der Waals surface area contributed by atoms with E-state index < -0.39 is 0 Å². The van der Waals surface area contributed by atoms with Gasteiger partial charge in [0.1, 0.15) is 5.82 Å². The molecule has 37 heavy (non-hydrogen) atoms. The molecule has 0 unspecified atom stereocenters. The van der Waals surface area contributed by atoms with E-state index in [0.29, 0.717) is 0 Å². The third-order valence-electron chi connectivity index (χ3n) is 7.75. The summed E-state index contributed by atoms with van der Waals surface area (Å²) in [6.45, 7) is 0. The zero-order chi connectivity index (χ0) is 25.0. The summed E-state index contributed by atoms with van der Waals surface area (Å²) in [6.07, 6.45) is 5.09. The van der Waals surface area contributed by atoms with Gasteiger partial charge in [-0.25, -0.2) is 9.97 Å². The first-order chi connectivity index (χ1) is 18.1. The van der Waals surface area contributed by atoms with Crippen LogP contribution in [0.2, 0.25) is 0 Å². The van der Waals surface area contributed by atoms with E-state index in [2.05, 4.69) is 88.0 Å². The molecule has 1 aliphatic carbocycles. The Hall–Kier alpha value is -4.42. The topological polar surface area (TPSA) is 80.8 Å². The molecule has 4 N–H and O–H groups in total. The van der Waals surface area contributed by atoms with Crippen LogP contribution in [0.25, 0.3) is 39.6 Å². The summed E-state index contributed by atoms with van der Waals surface area (Å²) in [6, 6.07) is 29.6. The van der Waals surface area contributed by atoms with Crippen molar-refractivity contribution in [2.45, 2.75) is 24.8 Å². The molecule has 0 bridgehead atoms. The molecule has 6 nitrogen and oxygen atoms in total. The Labute approximate surface area is 216 Å². The summed E-state index contributed by atoms with van der Waals surface area (Å²) in [5.74, 6) is 1.69. The fraction of sp³-hybridized carbons (Fsp3) is 0.161. The Kier molecular flexibility index (Phi) is 4.91. The second kappa shape index (κ2) is 8.32. The molecule has 1 fully saturated rings. The Morgan fingerprint density at radius 1 is 0.892 bits per heavy atom. The molecule has 2 aromatic heterocycles. The lowest BCUT2D eigenvalue weighted by molar-refractivity contribution is 0.253. The van der Waals surface area contributed by atoms with E-state index in [4.69, 9.17) is 15.7 Å². The highest BCUT2D eigenvalue weighted by molar-refractivity contribution is 5.91. The highest BCUT2D eigenvalue weighted by Gasteiger charge is 2.34. The minimum atomic E-state index is -0.196. The van der Waals surface area contributed by atoms with E-state index in [1.54, 1.807) is 0 Å². The van der Waals surface area contributed by atoms with E-state index in [0.717, 1.165) is 69.6 Å². The fourth-order valence-corrected chi connectivity index (χ4v) is 5.49. The van der Waals surface area contributed by atoms with Crippen molar-refractivity contribution in [3.8, 4) is 39.6 Å². The van der Waals surface area contributed by atoms with Crippen LogP contribution in [0.1, 0.15) is 24.8 Å². The van der Waals surface area contributed by atoms with Gasteiger partial charge in [-0.2, -0.15) is 0 Å². The van der Waals surface area contributed by atoms with Gasteiger partial charge in [-0.3, -0.25) is 4.57 Å². The summed E-state index contributed by atoms with van der Waals surface area (Å²) >= 11 is 0. The van der Waals surface area contributed by atoms with E-state index in [1.807, 2.05) is 25.4 Å². The van der Waals surface area contributed by atoms with Crippen molar-refractivity contribution < 1.29 is 0 Å². The molecule has 2 aliphatic rings. The molecule has 1 saturated carbocycles. The number of nitrogens with one attached hydrogen (secondary N) is 2. The summed E-state index contributed by atoms with van der Waals surface area (Å²) in [5, 5.41) is 6.75. The first kappa shape index (κ1) is 21.8. The third kappa shape index (κ3) is 3.44. The monoisotopic (exact) mass is 484 g/mol. The lowest BCUT2D eigenvalue weighted by atomic mass is 9.72. The van der Waals surface area contributed by atoms with Crippen molar-refractivity contribution in [1.82, 2.24) is 14.5 Å². The third-order valence-corrected chi connectivity index (χ3v) is 7.75. The molecule has 1 aliphatic heterocycles. The maximum Gasteiger partial charge on any atom is 0.154 e. The minimum Gasteiger partial charge on any atom is -0.388 e. The molecule has 0 amide bonds. The quantitative estimate of drug-likeness (QED) is 0.259. The summed E-state index contributed by atoms with van der Waals surface area (Å²) in [4.78, 5) is 10.00. The Bertz CT molecular complexity index is 1610. The van der Waals surface area contributed by atoms with Crippen LogP contribution in [0.15, 0.2) is 91.1 Å². The van der Waals surface area contributed by atoms with Crippen LogP contribution in [0.4, 0.5) is 17.2 Å². The van der Waals surface area contributed by atoms with E-state index >= 15 is 0 Å². The second-order valence-electron chi connectivity index (χ2n) is 9.92. The van der Waals surface area contributed by atoms with Gasteiger partial charge < -0.3 is 16.4 Å². The number of nitrogens with zero attached hydrogens (tertiary/aromatic N) is 3. The van der Waals surface area contributed by atoms with Crippen LogP contribution in [-0.2, 0) is 5.54 Å². The summed E-state index contributed by atoms with van der Waals surface area (Å²) < 4.78 is 2.25. The van der Waals surface area contributed by atoms with Gasteiger partial charge >= 0.3 is 0 Å². The Morgan fingerprint density at radius 3 is 2.38 bits per heavy atom. The number of pyridine rings is 1. The molecule has 0 radical (unpaired) electrons. The molecular formula is C31H28N6. The van der Waals surface area contributed by atoms with Crippen molar-refractivity contribution in [3.63, 3.8) is 0 Å². The van der Waals surface area contributed by atoms with Crippen molar-refractivity contribution in [2.75, 3.05) is 17.7 Å². The minimum absolute atomic E-state index is 0.196. The zero-order valence-corrected chi connectivity index (χ0v) is 20.7. The lowest BCUT2D eigenvalue weighted by Crippen LogP contribution is -2.43. The highest BCUT2D eigenvalue weighted by atomic mass is 15.2. The van der Waals surface area contributed by atoms with E-state index in [9.17, 15) is 0 Å². The maximum absolute atomic E-state index is 6.65. The second-order valence-corrected chi connectivity index (χ2v) is 9.92. The SMILES string of the molecule is CNc1ccc(-c2nc3n(c2-c2ccc(C4(N)CCC4)cc2)-c2cccnc2Nc2ccccc2-3)cc1. The largest absolute Gasteiger partial charge is 0.388 e. The molecule has 6 heteroatoms. The van der Waals surface area contributed by atoms with E-state index in [-0.39, 0.29) is 5.54 Å². The predicted molar refractivity (Wildman–Crippen MR) is 150 cm³/mol. The van der Waals surface area contributed by atoms with Crippen molar-refractivity contribution >= 4 is 17.2 Å². The van der Waals surface area contributed by atoms with Gasteiger partial charge in [0.2, 0.25) is 0 Å². The molecule has 0 atom stereocenters. The van der Waals surface area contributed by atoms with Gasteiger partial charge in [-0.1, -0.05) is 48.5 Å². The van der Waals surface area contributed by atoms with Crippen LogP contribution in [-0.4, -0.2) is 21.6 Å². The molecule has 3 heterocycles. The number of hydrogen-bond acceptors (Lipinski definition) is 5. The van der Waals surface area contributed by atoms with E-state index in [1.165, 1.54) is 12.0 Å². The molecule has 7 rings (SSSR count). The van der Waals surface area contributed by atoms with Crippen LogP contribution in [0.3, 0.4) is 0 Å². The maximum atomic E-state index is 6.65. The van der Waals surface area contributed by atoms with Gasteiger partial charge in [-0.15, -0.1) is 0 Å². The predicted octanol–water partition coefficient (Wildman–Crippen LogP) is 6.70. The lowest BCUT2D eigenvalue weighted by Gasteiger charge is -2.38. The Balaban J connectivity index is 1.51. The smallest absolute Gasteiger partial charge is 0.154 e. The van der Waals surface area contributed by atoms with Gasteiger partial charge in [0, 0.05) is 41.2 Å². The number of benzene rings is 3. The fourth-order valence-electron chi connectivity index (χ4n) is 5.49. The number of imidazole rings is 1. The van der Waals surface area contributed by atoms with Crippen LogP contribution in [0, 0.1) is 0 Å². The molecule has 182 valence electrons. The number of hydrogen-bond donors (Lipinski definition) is 3. The molecule has 3 aromatic carbocycles. The molecule has 0 spiro atoms. The first-order valence-electron chi connectivity index (χ1n) is 12.8. The number of fused-ring (bicyclic) bond motifs is 5. The summed E-state index contributed by atoms with van der Waals surface area (Å²) in [5.41, 5.74) is 15.8. The van der Waals surface area contributed by atoms with Crippen molar-refractivity contribution in [2.24, 2.45) is 5.73 Å². The van der Waals surface area contributed by atoms with Crippen LogP contribution >= 0.6 is 0 Å². The van der Waals surface area contributed by atoms with Gasteiger partial charge in [0.15, 0.2) is 5.82 Å². The summed E-state index contributed by atoms with van der Waals surface area (Å²) in [7, 11) is 1.93. The standard InChI is InChI=1S/C31H28N6/c1-33-23-15-11-20(12-16-23)27-28(21-9-13-22(14-10-21)31(32)17-5-18-31)37-26-8-4-19-34-29(26)35-25-7-3-2-6-24(25)30(37)36-27/h2-4,6-16,19,33H,5,17-18,32H2,1H3,(H,34,35). The molecule has 5 aromatic rings. The average molecular weight is 485 g/mol.